The van der Waals surface area contributed by atoms with Crippen molar-refractivity contribution in [2.24, 2.45) is 0 Å². The van der Waals surface area contributed by atoms with Crippen molar-refractivity contribution in [2.75, 3.05) is 26.3 Å². The van der Waals surface area contributed by atoms with E-state index in [1.807, 2.05) is 12.1 Å². The third kappa shape index (κ3) is 4.19. The number of aromatic nitrogens is 4. The summed E-state index contributed by atoms with van der Waals surface area (Å²) >= 11 is 0. The summed E-state index contributed by atoms with van der Waals surface area (Å²) in [4.78, 5) is 55.5. The van der Waals surface area contributed by atoms with Gasteiger partial charge in [-0.3, -0.25) is 14.4 Å². The summed E-state index contributed by atoms with van der Waals surface area (Å²) in [6, 6.07) is 15.6. The molecule has 11 heteroatoms. The van der Waals surface area contributed by atoms with Crippen molar-refractivity contribution in [2.45, 2.75) is 0 Å². The Balaban J connectivity index is 1.59. The molecule has 0 radical (unpaired) electrons. The third-order valence-corrected chi connectivity index (χ3v) is 6.50. The van der Waals surface area contributed by atoms with E-state index in [0.29, 0.717) is 43.9 Å². The molecule has 2 amide bonds. The van der Waals surface area contributed by atoms with E-state index < -0.39 is 11.8 Å². The van der Waals surface area contributed by atoms with E-state index in [2.05, 4.69) is 25.6 Å². The first-order valence-corrected chi connectivity index (χ1v) is 12.3. The van der Waals surface area contributed by atoms with Gasteiger partial charge in [0.15, 0.2) is 5.43 Å². The number of aliphatic hydroxyl groups is 2. The van der Waals surface area contributed by atoms with Crippen LogP contribution < -0.4 is 16.1 Å². The van der Waals surface area contributed by atoms with Crippen molar-refractivity contribution < 1.29 is 19.8 Å². The van der Waals surface area contributed by atoms with Gasteiger partial charge in [0, 0.05) is 34.6 Å². The van der Waals surface area contributed by atoms with E-state index in [1.54, 1.807) is 42.5 Å². The molecular weight excluding hydrogens is 500 g/mol. The minimum Gasteiger partial charge on any atom is -0.395 e. The number of pyridine rings is 4. The molecule has 0 unspecified atom stereocenters. The summed E-state index contributed by atoms with van der Waals surface area (Å²) in [5.74, 6) is -0.855. The average Bonchev–Trinajstić information content (AvgIpc) is 2.97. The van der Waals surface area contributed by atoms with Gasteiger partial charge in [-0.25, -0.2) is 15.0 Å². The predicted molar refractivity (Wildman–Crippen MR) is 147 cm³/mol. The lowest BCUT2D eigenvalue weighted by Gasteiger charge is -2.10. The van der Waals surface area contributed by atoms with Crippen LogP contribution in [0, 0.1) is 0 Å². The molecule has 0 spiro atoms. The fourth-order valence-corrected chi connectivity index (χ4v) is 4.63. The van der Waals surface area contributed by atoms with Gasteiger partial charge in [-0.2, -0.15) is 0 Å². The van der Waals surface area contributed by atoms with Crippen LogP contribution in [0.3, 0.4) is 0 Å². The van der Waals surface area contributed by atoms with Crippen LogP contribution in [0.1, 0.15) is 21.0 Å². The van der Waals surface area contributed by atoms with E-state index in [-0.39, 0.29) is 43.1 Å². The van der Waals surface area contributed by atoms with Gasteiger partial charge >= 0.3 is 0 Å². The summed E-state index contributed by atoms with van der Waals surface area (Å²) in [5, 5.41) is 26.1. The van der Waals surface area contributed by atoms with Crippen LogP contribution in [-0.4, -0.2) is 68.3 Å². The fraction of sp³-hybridized carbons (Fsp3) is 0.143. The maximum absolute atomic E-state index is 13.6. The molecule has 0 aliphatic heterocycles. The lowest BCUT2D eigenvalue weighted by atomic mass is 10.1. The first-order chi connectivity index (χ1) is 19.0. The van der Waals surface area contributed by atoms with E-state index >= 15 is 0 Å². The van der Waals surface area contributed by atoms with Crippen molar-refractivity contribution in [1.82, 2.24) is 30.6 Å². The van der Waals surface area contributed by atoms with Crippen LogP contribution in [0.5, 0.6) is 0 Å². The minimum absolute atomic E-state index is 0.0966. The van der Waals surface area contributed by atoms with E-state index in [0.717, 1.165) is 10.8 Å². The van der Waals surface area contributed by atoms with Crippen molar-refractivity contribution in [3.05, 3.63) is 76.2 Å². The van der Waals surface area contributed by atoms with Crippen LogP contribution in [0.25, 0.3) is 54.6 Å². The topological polar surface area (TPSA) is 170 Å². The molecule has 0 atom stereocenters. The zero-order chi connectivity index (χ0) is 27.1. The predicted octanol–water partition coefficient (Wildman–Crippen LogP) is 1.77. The second kappa shape index (κ2) is 9.71. The van der Waals surface area contributed by atoms with E-state index in [9.17, 15) is 14.4 Å². The molecule has 194 valence electrons. The van der Waals surface area contributed by atoms with Gasteiger partial charge in [-0.15, -0.1) is 0 Å². The average molecular weight is 523 g/mol. The van der Waals surface area contributed by atoms with Crippen LogP contribution >= 0.6 is 0 Å². The summed E-state index contributed by atoms with van der Waals surface area (Å²) in [6.07, 6.45) is 0. The number of benzene rings is 2. The van der Waals surface area contributed by atoms with Gasteiger partial charge in [0.25, 0.3) is 11.8 Å². The van der Waals surface area contributed by atoms with Gasteiger partial charge in [0.05, 0.1) is 40.7 Å². The summed E-state index contributed by atoms with van der Waals surface area (Å²) in [6.45, 7) is -0.174. The van der Waals surface area contributed by atoms with Crippen molar-refractivity contribution in [3.63, 3.8) is 0 Å². The first-order valence-electron chi connectivity index (χ1n) is 12.3. The van der Waals surface area contributed by atoms with E-state index in [1.165, 1.54) is 0 Å². The van der Waals surface area contributed by atoms with Gasteiger partial charge < -0.3 is 25.8 Å². The van der Waals surface area contributed by atoms with Crippen LogP contribution in [0.15, 0.2) is 59.4 Å². The maximum atomic E-state index is 13.6. The zero-order valence-corrected chi connectivity index (χ0v) is 20.5. The number of carbonyl (C=O) groups is 2. The maximum Gasteiger partial charge on any atom is 0.269 e. The third-order valence-electron chi connectivity index (χ3n) is 6.50. The molecule has 0 fully saturated rings. The Labute approximate surface area is 219 Å². The minimum atomic E-state index is -0.438. The monoisotopic (exact) mass is 522 g/mol. The second-order valence-electron chi connectivity index (χ2n) is 8.96. The Morgan fingerprint density at radius 1 is 0.692 bits per heavy atom. The van der Waals surface area contributed by atoms with Crippen LogP contribution in [0.2, 0.25) is 0 Å². The zero-order valence-electron chi connectivity index (χ0n) is 20.5. The second-order valence-corrected chi connectivity index (χ2v) is 8.96. The molecule has 4 aromatic heterocycles. The summed E-state index contributed by atoms with van der Waals surface area (Å²) < 4.78 is 0. The highest BCUT2D eigenvalue weighted by Crippen LogP contribution is 2.27. The fourth-order valence-electron chi connectivity index (χ4n) is 4.63. The lowest BCUT2D eigenvalue weighted by Crippen LogP contribution is -2.27. The Kier molecular flexibility index (Phi) is 6.06. The molecule has 6 rings (SSSR count). The normalized spacial score (nSPS) is 11.5. The van der Waals surface area contributed by atoms with E-state index in [4.69, 9.17) is 15.2 Å². The summed E-state index contributed by atoms with van der Waals surface area (Å²) in [7, 11) is 0. The highest BCUT2D eigenvalue weighted by molar-refractivity contribution is 6.11. The number of rotatable bonds is 6. The number of hydrogen-bond acceptors (Lipinski definition) is 8. The van der Waals surface area contributed by atoms with Gasteiger partial charge in [-0.05, 0) is 24.3 Å². The molecule has 0 saturated carbocycles. The SMILES string of the molecule is O=C(NCCO)c1ccc2ccc3cc4c(=O)c5ccc6ccc(C(=O)NCCO)nc6c5[nH]c4nc3c2n1. The van der Waals surface area contributed by atoms with Crippen molar-refractivity contribution in [1.29, 1.82) is 0 Å². The number of aliphatic hydroxyl groups excluding tert-OH is 2. The number of carbonyl (C=O) groups excluding carboxylic acids is 2. The molecule has 0 aliphatic rings. The molecule has 6 aromatic rings. The number of aromatic amines is 1. The Hall–Kier alpha value is -5.00. The largest absolute Gasteiger partial charge is 0.395 e. The highest BCUT2D eigenvalue weighted by atomic mass is 16.3. The first kappa shape index (κ1) is 24.3. The Morgan fingerprint density at radius 3 is 1.90 bits per heavy atom. The Bertz CT molecular complexity index is 2020. The molecule has 5 N–H and O–H groups in total. The highest BCUT2D eigenvalue weighted by Gasteiger charge is 2.16. The number of fused-ring (bicyclic) bond motifs is 7. The van der Waals surface area contributed by atoms with Crippen molar-refractivity contribution >= 4 is 66.5 Å². The summed E-state index contributed by atoms with van der Waals surface area (Å²) in [5.41, 5.74) is 2.27. The molecule has 39 heavy (non-hydrogen) atoms. The number of amides is 2. The number of H-pyrrole nitrogens is 1. The molecular formula is C28H22N6O5. The van der Waals surface area contributed by atoms with Gasteiger partial charge in [-0.1, -0.05) is 30.3 Å². The molecule has 2 aromatic carbocycles. The van der Waals surface area contributed by atoms with Crippen LogP contribution in [0.4, 0.5) is 0 Å². The lowest BCUT2D eigenvalue weighted by molar-refractivity contribution is 0.0933. The number of nitrogens with one attached hydrogen (secondary N) is 3. The Morgan fingerprint density at radius 2 is 1.23 bits per heavy atom. The molecule has 11 nitrogen and oxygen atoms in total. The quantitative estimate of drug-likeness (QED) is 0.163. The molecule has 0 bridgehead atoms. The molecule has 0 saturated heterocycles. The smallest absolute Gasteiger partial charge is 0.269 e. The standard InChI is InChI=1S/C28H22N6O5/c35-11-9-29-27(38)19-7-4-14-1-2-16-13-18-25(37)17-6-3-15-5-8-20(28(39)30-10-12-36)32-22(15)24(17)34-26(18)33-23(16)21(14)31-19/h1-8,13,35-36H,9-12H2,(H,29,38)(H,30,39)(H,33,34,37). The molecule has 4 heterocycles. The molecule has 0 aliphatic carbocycles. The van der Waals surface area contributed by atoms with Gasteiger partial charge in [0.1, 0.15) is 17.0 Å². The number of hydrogen-bond donors (Lipinski definition) is 5. The number of nitrogens with zero attached hydrogens (tertiary/aromatic N) is 3. The van der Waals surface area contributed by atoms with Gasteiger partial charge in [0.2, 0.25) is 0 Å². The van der Waals surface area contributed by atoms with Crippen molar-refractivity contribution in [3.8, 4) is 0 Å². The van der Waals surface area contributed by atoms with Crippen LogP contribution in [-0.2, 0) is 0 Å².